The van der Waals surface area contributed by atoms with E-state index in [4.69, 9.17) is 5.11 Å². The number of nitrogens with zero attached hydrogens (tertiary/aromatic N) is 1. The summed E-state index contributed by atoms with van der Waals surface area (Å²) in [5.41, 5.74) is -0.541. The zero-order chi connectivity index (χ0) is 14.2. The zero-order valence-corrected chi connectivity index (χ0v) is 9.72. The summed E-state index contributed by atoms with van der Waals surface area (Å²) in [6, 6.07) is 1.14. The summed E-state index contributed by atoms with van der Waals surface area (Å²) < 4.78 is 26.5. The topological polar surface area (TPSA) is 77.8 Å². The molecular weight excluding hydrogens is 260 g/mol. The van der Waals surface area contributed by atoms with E-state index in [0.29, 0.717) is 6.07 Å². The van der Waals surface area contributed by atoms with Crippen molar-refractivity contribution in [1.29, 1.82) is 0 Å². The van der Waals surface area contributed by atoms with Crippen LogP contribution in [0, 0.1) is 11.6 Å². The molecule has 1 fully saturated rings. The van der Waals surface area contributed by atoms with Crippen LogP contribution in [0.15, 0.2) is 18.2 Å². The van der Waals surface area contributed by atoms with Gasteiger partial charge in [0, 0.05) is 13.0 Å². The molecule has 5 nitrogen and oxygen atoms in total. The number of aliphatic hydroxyl groups is 1. The molecule has 1 aliphatic heterocycles. The molecule has 0 aliphatic carbocycles. The predicted molar refractivity (Wildman–Crippen MR) is 59.4 cm³/mol. The van der Waals surface area contributed by atoms with Gasteiger partial charge < -0.3 is 15.1 Å². The number of hydrogen-bond donors (Lipinski definition) is 2. The van der Waals surface area contributed by atoms with Gasteiger partial charge in [0.2, 0.25) is 0 Å². The van der Waals surface area contributed by atoms with Crippen LogP contribution < -0.4 is 0 Å². The van der Waals surface area contributed by atoms with Crippen LogP contribution in [0.3, 0.4) is 0 Å². The second-order valence-electron chi connectivity index (χ2n) is 4.33. The van der Waals surface area contributed by atoms with Crippen molar-refractivity contribution in [2.24, 2.45) is 0 Å². The fraction of sp³-hybridized carbons (Fsp3) is 0.333. The minimum atomic E-state index is -1.29. The molecule has 1 saturated heterocycles. The third-order valence-electron chi connectivity index (χ3n) is 2.98. The van der Waals surface area contributed by atoms with Gasteiger partial charge >= 0.3 is 5.97 Å². The van der Waals surface area contributed by atoms with Crippen LogP contribution in [0.4, 0.5) is 8.78 Å². The van der Waals surface area contributed by atoms with Crippen LogP contribution in [0.2, 0.25) is 0 Å². The molecule has 0 spiro atoms. The lowest BCUT2D eigenvalue weighted by molar-refractivity contribution is -0.141. The Labute approximate surface area is 107 Å². The summed E-state index contributed by atoms with van der Waals surface area (Å²) in [6.45, 7) is -0.217. The Hall–Kier alpha value is -2.02. The summed E-state index contributed by atoms with van der Waals surface area (Å²) in [4.78, 5) is 23.8. The van der Waals surface area contributed by atoms with Crippen molar-refractivity contribution in [3.8, 4) is 0 Å². The van der Waals surface area contributed by atoms with Crippen molar-refractivity contribution in [3.63, 3.8) is 0 Å². The number of carboxylic acid groups (broad SMARTS) is 1. The molecule has 0 bridgehead atoms. The standard InChI is InChI=1S/C12H11F2NO4/c13-6-1-2-9(14)8(3-6)11(17)15-5-7(16)4-10(15)12(18)19/h1-3,7,10,16H,4-5H2,(H,18,19). The van der Waals surface area contributed by atoms with Crippen molar-refractivity contribution in [2.75, 3.05) is 6.54 Å². The van der Waals surface area contributed by atoms with E-state index in [-0.39, 0.29) is 13.0 Å². The first-order chi connectivity index (χ1) is 8.90. The van der Waals surface area contributed by atoms with E-state index in [1.54, 1.807) is 0 Å². The molecule has 1 aliphatic rings. The van der Waals surface area contributed by atoms with Gasteiger partial charge in [-0.05, 0) is 18.2 Å². The lowest BCUT2D eigenvalue weighted by Gasteiger charge is -2.21. The van der Waals surface area contributed by atoms with Gasteiger partial charge in [0.15, 0.2) is 0 Å². The molecule has 2 atom stereocenters. The monoisotopic (exact) mass is 271 g/mol. The SMILES string of the molecule is O=C(O)C1CC(O)CN1C(=O)c1cc(F)ccc1F. The third kappa shape index (κ3) is 2.55. The summed E-state index contributed by atoms with van der Waals surface area (Å²) >= 11 is 0. The fourth-order valence-electron chi connectivity index (χ4n) is 2.09. The molecule has 19 heavy (non-hydrogen) atoms. The van der Waals surface area contributed by atoms with Crippen LogP contribution in [0.5, 0.6) is 0 Å². The Morgan fingerprint density at radius 2 is 2.00 bits per heavy atom. The second kappa shape index (κ2) is 4.93. The Bertz CT molecular complexity index is 534. The van der Waals surface area contributed by atoms with Crippen LogP contribution in [0.1, 0.15) is 16.8 Å². The average Bonchev–Trinajstić information content (AvgIpc) is 2.74. The van der Waals surface area contributed by atoms with Gasteiger partial charge in [-0.1, -0.05) is 0 Å². The van der Waals surface area contributed by atoms with Gasteiger partial charge in [0.1, 0.15) is 17.7 Å². The van der Waals surface area contributed by atoms with Crippen LogP contribution in [-0.4, -0.2) is 45.7 Å². The maximum atomic E-state index is 13.5. The molecule has 1 heterocycles. The smallest absolute Gasteiger partial charge is 0.326 e. The van der Waals surface area contributed by atoms with E-state index in [0.717, 1.165) is 17.0 Å². The number of halogens is 2. The van der Waals surface area contributed by atoms with Crippen molar-refractivity contribution < 1.29 is 28.6 Å². The number of carbonyl (C=O) groups excluding carboxylic acids is 1. The normalized spacial score (nSPS) is 22.6. The van der Waals surface area contributed by atoms with Crippen molar-refractivity contribution in [3.05, 3.63) is 35.4 Å². The summed E-state index contributed by atoms with van der Waals surface area (Å²) in [5, 5.41) is 18.4. The number of amides is 1. The van der Waals surface area contributed by atoms with E-state index < -0.39 is 41.2 Å². The molecule has 102 valence electrons. The second-order valence-corrected chi connectivity index (χ2v) is 4.33. The minimum absolute atomic E-state index is 0.127. The number of β-amino-alcohol motifs (C(OH)–C–C–N with tert-alkyl or cyclic N) is 1. The first-order valence-electron chi connectivity index (χ1n) is 5.57. The number of rotatable bonds is 2. The quantitative estimate of drug-likeness (QED) is 0.826. The lowest BCUT2D eigenvalue weighted by atomic mass is 10.1. The Morgan fingerprint density at radius 1 is 1.32 bits per heavy atom. The third-order valence-corrected chi connectivity index (χ3v) is 2.98. The van der Waals surface area contributed by atoms with E-state index in [2.05, 4.69) is 0 Å². The zero-order valence-electron chi connectivity index (χ0n) is 9.72. The number of likely N-dealkylation sites (tertiary alicyclic amines) is 1. The molecule has 2 rings (SSSR count). The molecule has 1 amide bonds. The first-order valence-corrected chi connectivity index (χ1v) is 5.57. The Kier molecular flexibility index (Phi) is 3.48. The summed E-state index contributed by atoms with van der Waals surface area (Å²) in [6.07, 6.45) is -1.11. The van der Waals surface area contributed by atoms with Crippen LogP contribution in [0.25, 0.3) is 0 Å². The highest BCUT2D eigenvalue weighted by Gasteiger charge is 2.39. The minimum Gasteiger partial charge on any atom is -0.480 e. The van der Waals surface area contributed by atoms with Crippen molar-refractivity contribution in [1.82, 2.24) is 4.90 Å². The van der Waals surface area contributed by atoms with Gasteiger partial charge in [-0.15, -0.1) is 0 Å². The highest BCUT2D eigenvalue weighted by atomic mass is 19.1. The lowest BCUT2D eigenvalue weighted by Crippen LogP contribution is -2.41. The first kappa shape index (κ1) is 13.4. The molecule has 2 unspecified atom stereocenters. The number of carboxylic acids is 1. The molecule has 0 aromatic heterocycles. The predicted octanol–water partition coefficient (Wildman–Crippen LogP) is 0.625. The van der Waals surface area contributed by atoms with Gasteiger partial charge in [-0.3, -0.25) is 4.79 Å². The average molecular weight is 271 g/mol. The molecule has 0 saturated carbocycles. The summed E-state index contributed by atoms with van der Waals surface area (Å²) in [5.74, 6) is -3.96. The molecule has 1 aromatic carbocycles. The molecular formula is C12H11F2NO4. The number of aliphatic carboxylic acids is 1. The number of benzene rings is 1. The molecule has 0 radical (unpaired) electrons. The number of aliphatic hydroxyl groups excluding tert-OH is 1. The van der Waals surface area contributed by atoms with Gasteiger partial charge in [0.25, 0.3) is 5.91 Å². The fourth-order valence-corrected chi connectivity index (χ4v) is 2.09. The van der Waals surface area contributed by atoms with Gasteiger partial charge in [-0.2, -0.15) is 0 Å². The van der Waals surface area contributed by atoms with Gasteiger partial charge in [-0.25, -0.2) is 13.6 Å². The van der Waals surface area contributed by atoms with E-state index >= 15 is 0 Å². The highest BCUT2D eigenvalue weighted by molar-refractivity contribution is 5.97. The van der Waals surface area contributed by atoms with Crippen LogP contribution >= 0.6 is 0 Å². The van der Waals surface area contributed by atoms with Crippen molar-refractivity contribution >= 4 is 11.9 Å². The number of hydrogen-bond acceptors (Lipinski definition) is 3. The van der Waals surface area contributed by atoms with Crippen LogP contribution in [-0.2, 0) is 4.79 Å². The Balaban J connectivity index is 2.33. The molecule has 1 aromatic rings. The Morgan fingerprint density at radius 3 is 2.63 bits per heavy atom. The van der Waals surface area contributed by atoms with E-state index in [9.17, 15) is 23.5 Å². The van der Waals surface area contributed by atoms with E-state index in [1.807, 2.05) is 0 Å². The summed E-state index contributed by atoms with van der Waals surface area (Å²) in [7, 11) is 0. The maximum Gasteiger partial charge on any atom is 0.326 e. The molecule has 7 heteroatoms. The maximum absolute atomic E-state index is 13.5. The van der Waals surface area contributed by atoms with Crippen molar-refractivity contribution in [2.45, 2.75) is 18.6 Å². The van der Waals surface area contributed by atoms with E-state index in [1.165, 1.54) is 0 Å². The van der Waals surface area contributed by atoms with Gasteiger partial charge in [0.05, 0.1) is 11.7 Å². The number of carbonyl (C=O) groups is 2. The largest absolute Gasteiger partial charge is 0.480 e. The highest BCUT2D eigenvalue weighted by Crippen LogP contribution is 2.22. The molecule has 2 N–H and O–H groups in total.